The van der Waals surface area contributed by atoms with Crippen molar-refractivity contribution >= 4 is 23.5 Å². The summed E-state index contributed by atoms with van der Waals surface area (Å²) < 4.78 is 10.1. The normalized spacial score (nSPS) is 31.7. The number of hydrogen-bond donors (Lipinski definition) is 0. The number of fused-ring (bicyclic) bond motifs is 5. The van der Waals surface area contributed by atoms with Crippen molar-refractivity contribution in [1.82, 2.24) is 0 Å². The average molecular weight is 396 g/mol. The molecule has 1 aromatic carbocycles. The Hall–Kier alpha value is -2.76. The zero-order valence-electron chi connectivity index (χ0n) is 16.8. The molecular weight excluding hydrogens is 372 g/mol. The third-order valence-electron chi connectivity index (χ3n) is 6.85. The Morgan fingerprint density at radius 1 is 1.14 bits per heavy atom. The number of hydrogen-bond acceptors (Lipinski definition) is 6. The number of allylic oxidation sites excluding steroid dienone is 1. The Labute approximate surface area is 169 Å². The summed E-state index contributed by atoms with van der Waals surface area (Å²) in [5.41, 5.74) is 1.61. The van der Waals surface area contributed by atoms with Crippen molar-refractivity contribution < 1.29 is 28.7 Å². The number of rotatable bonds is 2. The van der Waals surface area contributed by atoms with Crippen molar-refractivity contribution in [1.29, 1.82) is 0 Å². The van der Waals surface area contributed by atoms with Gasteiger partial charge in [-0.15, -0.1) is 0 Å². The summed E-state index contributed by atoms with van der Waals surface area (Å²) in [6, 6.07) is 5.28. The Morgan fingerprint density at radius 3 is 2.59 bits per heavy atom. The highest BCUT2D eigenvalue weighted by Gasteiger charge is 2.57. The SMILES string of the molecule is CC(=O)OC=C1CC2C3CC(=O)c4cc(OC(C)=O)ccc4C3CC[C@]2(C)C1=O. The van der Waals surface area contributed by atoms with Gasteiger partial charge in [-0.05, 0) is 54.7 Å². The number of Topliss-reactive ketones (excluding diaryl/α,β-unsaturated/α-hetero) is 2. The van der Waals surface area contributed by atoms with Crippen molar-refractivity contribution in [2.24, 2.45) is 17.3 Å². The first-order valence-corrected chi connectivity index (χ1v) is 9.97. The van der Waals surface area contributed by atoms with E-state index in [1.807, 2.05) is 13.0 Å². The van der Waals surface area contributed by atoms with Gasteiger partial charge in [0.2, 0.25) is 0 Å². The lowest BCUT2D eigenvalue weighted by molar-refractivity contribution is -0.135. The summed E-state index contributed by atoms with van der Waals surface area (Å²) in [5.74, 6) is -0.139. The van der Waals surface area contributed by atoms with Crippen LogP contribution in [0.1, 0.15) is 68.3 Å². The molecule has 29 heavy (non-hydrogen) atoms. The first kappa shape index (κ1) is 19.6. The molecule has 4 atom stereocenters. The standard InChI is InChI=1S/C23H24O6/c1-12(24)28-11-14-8-20-18-10-21(26)19-9-15(29-13(2)25)4-5-16(19)17(18)6-7-23(20,3)22(14)27/h4-5,9,11,17-18,20H,6-8,10H2,1-3H3/t17?,18?,20?,23-/m0/s1. The molecule has 3 unspecified atom stereocenters. The molecule has 1 aromatic rings. The third kappa shape index (κ3) is 3.20. The summed E-state index contributed by atoms with van der Waals surface area (Å²) in [5, 5.41) is 0. The van der Waals surface area contributed by atoms with Crippen molar-refractivity contribution in [2.45, 2.75) is 52.4 Å². The predicted octanol–water partition coefficient (Wildman–Crippen LogP) is 3.73. The van der Waals surface area contributed by atoms with E-state index in [0.29, 0.717) is 29.7 Å². The lowest BCUT2D eigenvalue weighted by Crippen LogP contribution is -2.43. The molecule has 0 heterocycles. The molecule has 6 nitrogen and oxygen atoms in total. The van der Waals surface area contributed by atoms with E-state index in [0.717, 1.165) is 18.4 Å². The maximum atomic E-state index is 13.0. The molecule has 0 amide bonds. The molecule has 0 bridgehead atoms. The first-order valence-electron chi connectivity index (χ1n) is 9.97. The average Bonchev–Trinajstić information content (AvgIpc) is 2.91. The largest absolute Gasteiger partial charge is 0.434 e. The van der Waals surface area contributed by atoms with Crippen LogP contribution in [0.5, 0.6) is 5.75 Å². The number of benzene rings is 1. The van der Waals surface area contributed by atoms with E-state index in [1.54, 1.807) is 12.1 Å². The van der Waals surface area contributed by atoms with Crippen molar-refractivity contribution in [2.75, 3.05) is 0 Å². The zero-order chi connectivity index (χ0) is 20.9. The second kappa shape index (κ2) is 6.94. The Balaban J connectivity index is 1.67. The molecule has 6 heteroatoms. The lowest BCUT2D eigenvalue weighted by Gasteiger charge is -2.47. The number of ether oxygens (including phenoxy) is 2. The van der Waals surface area contributed by atoms with E-state index in [4.69, 9.17) is 9.47 Å². The molecule has 2 saturated carbocycles. The molecule has 3 aliphatic rings. The van der Waals surface area contributed by atoms with Crippen LogP contribution in [-0.2, 0) is 19.1 Å². The summed E-state index contributed by atoms with van der Waals surface area (Å²) >= 11 is 0. The minimum Gasteiger partial charge on any atom is -0.434 e. The number of esters is 2. The van der Waals surface area contributed by atoms with Gasteiger partial charge in [0.25, 0.3) is 0 Å². The number of carbonyl (C=O) groups excluding carboxylic acids is 4. The lowest BCUT2D eigenvalue weighted by atomic mass is 9.55. The highest BCUT2D eigenvalue weighted by Crippen LogP contribution is 2.60. The van der Waals surface area contributed by atoms with Crippen LogP contribution in [0.25, 0.3) is 0 Å². The molecule has 0 saturated heterocycles. The molecule has 0 aliphatic heterocycles. The van der Waals surface area contributed by atoms with E-state index in [9.17, 15) is 19.2 Å². The van der Waals surface area contributed by atoms with Gasteiger partial charge in [0.05, 0.1) is 0 Å². The molecule has 3 aliphatic carbocycles. The molecule has 152 valence electrons. The smallest absolute Gasteiger partial charge is 0.308 e. The van der Waals surface area contributed by atoms with Crippen LogP contribution in [0.15, 0.2) is 30.0 Å². The fourth-order valence-corrected chi connectivity index (χ4v) is 5.54. The van der Waals surface area contributed by atoms with Gasteiger partial charge in [0.15, 0.2) is 11.6 Å². The van der Waals surface area contributed by atoms with E-state index in [1.165, 1.54) is 20.1 Å². The van der Waals surface area contributed by atoms with Gasteiger partial charge in [0.1, 0.15) is 12.0 Å². The van der Waals surface area contributed by atoms with Crippen LogP contribution >= 0.6 is 0 Å². The second-order valence-corrected chi connectivity index (χ2v) is 8.59. The molecule has 2 fully saturated rings. The van der Waals surface area contributed by atoms with Gasteiger partial charge >= 0.3 is 11.9 Å². The fraction of sp³-hybridized carbons (Fsp3) is 0.478. The van der Waals surface area contributed by atoms with Gasteiger partial charge < -0.3 is 9.47 Å². The monoisotopic (exact) mass is 396 g/mol. The van der Waals surface area contributed by atoms with E-state index in [2.05, 4.69) is 0 Å². The molecule has 0 aromatic heterocycles. The van der Waals surface area contributed by atoms with E-state index < -0.39 is 17.4 Å². The second-order valence-electron chi connectivity index (χ2n) is 8.59. The maximum absolute atomic E-state index is 13.0. The van der Waals surface area contributed by atoms with E-state index >= 15 is 0 Å². The Bertz CT molecular complexity index is 958. The summed E-state index contributed by atoms with van der Waals surface area (Å²) in [7, 11) is 0. The third-order valence-corrected chi connectivity index (χ3v) is 6.85. The van der Waals surface area contributed by atoms with Gasteiger partial charge in [-0.3, -0.25) is 19.2 Å². The van der Waals surface area contributed by atoms with E-state index in [-0.39, 0.29) is 29.3 Å². The van der Waals surface area contributed by atoms with Crippen LogP contribution in [0.4, 0.5) is 0 Å². The molecule has 0 spiro atoms. The summed E-state index contributed by atoms with van der Waals surface area (Å²) in [6.07, 6.45) is 3.74. The van der Waals surface area contributed by atoms with Crippen LogP contribution in [0.2, 0.25) is 0 Å². The van der Waals surface area contributed by atoms with Crippen LogP contribution in [-0.4, -0.2) is 23.5 Å². The van der Waals surface area contributed by atoms with Gasteiger partial charge in [-0.25, -0.2) is 0 Å². The molecule has 0 N–H and O–H groups in total. The highest BCUT2D eigenvalue weighted by molar-refractivity contribution is 6.03. The van der Waals surface area contributed by atoms with Gasteiger partial charge in [-0.2, -0.15) is 0 Å². The van der Waals surface area contributed by atoms with Gasteiger partial charge in [0, 0.05) is 36.8 Å². The zero-order valence-corrected chi connectivity index (χ0v) is 16.8. The molecule has 0 radical (unpaired) electrons. The Kier molecular flexibility index (Phi) is 4.68. The predicted molar refractivity (Wildman–Crippen MR) is 103 cm³/mol. The minimum atomic E-state index is -0.525. The summed E-state index contributed by atoms with van der Waals surface area (Å²) in [4.78, 5) is 48.4. The van der Waals surface area contributed by atoms with Gasteiger partial charge in [-0.1, -0.05) is 13.0 Å². The first-order chi connectivity index (χ1) is 13.7. The van der Waals surface area contributed by atoms with Crippen molar-refractivity contribution in [3.63, 3.8) is 0 Å². The number of ketones is 2. The molecular formula is C23H24O6. The molecule has 4 rings (SSSR count). The fourth-order valence-electron chi connectivity index (χ4n) is 5.54. The Morgan fingerprint density at radius 2 is 1.90 bits per heavy atom. The van der Waals surface area contributed by atoms with Crippen molar-refractivity contribution in [3.05, 3.63) is 41.2 Å². The topological polar surface area (TPSA) is 86.7 Å². The summed E-state index contributed by atoms with van der Waals surface area (Å²) in [6.45, 7) is 4.62. The van der Waals surface area contributed by atoms with Crippen molar-refractivity contribution in [3.8, 4) is 5.75 Å². The maximum Gasteiger partial charge on any atom is 0.308 e. The van der Waals surface area contributed by atoms with Crippen LogP contribution in [0, 0.1) is 17.3 Å². The quantitative estimate of drug-likeness (QED) is 0.328. The minimum absolute atomic E-state index is 0.0179. The van der Waals surface area contributed by atoms with Crippen LogP contribution < -0.4 is 4.74 Å². The highest BCUT2D eigenvalue weighted by atomic mass is 16.5. The number of carbonyl (C=O) groups is 4. The van der Waals surface area contributed by atoms with Crippen LogP contribution in [0.3, 0.4) is 0 Å².